The summed E-state index contributed by atoms with van der Waals surface area (Å²) in [4.78, 5) is 0. The Hall–Kier alpha value is -3.50. The van der Waals surface area contributed by atoms with E-state index in [1.165, 1.54) is 48.5 Å². The Morgan fingerprint density at radius 3 is 1.68 bits per heavy atom. The second-order valence-corrected chi connectivity index (χ2v) is 10.3. The molecular weight excluding hydrogens is 544 g/mol. The van der Waals surface area contributed by atoms with Crippen molar-refractivity contribution in [2.75, 3.05) is 0 Å². The summed E-state index contributed by atoms with van der Waals surface area (Å²) < 4.78 is 72.2. The average molecular weight is 579 g/mol. The van der Waals surface area contributed by atoms with Gasteiger partial charge in [0.15, 0.2) is 12.2 Å². The van der Waals surface area contributed by atoms with Gasteiger partial charge >= 0.3 is 0 Å². The lowest BCUT2D eigenvalue weighted by molar-refractivity contribution is -0.181. The number of phenolic OH excluding ortho intramolecular Hbond substituents is 2. The number of phenols is 2. The number of hydrogen-bond acceptors (Lipinski definition) is 6. The molecule has 6 nitrogen and oxygen atoms in total. The van der Waals surface area contributed by atoms with Gasteiger partial charge in [-0.25, -0.2) is 17.6 Å². The summed E-state index contributed by atoms with van der Waals surface area (Å²) in [5.74, 6) is -5.35. The van der Waals surface area contributed by atoms with E-state index < -0.39 is 36.3 Å². The van der Waals surface area contributed by atoms with Gasteiger partial charge in [0, 0.05) is 12.8 Å². The second kappa shape index (κ2) is 13.4. The summed E-state index contributed by atoms with van der Waals surface area (Å²) in [7, 11) is 0. The van der Waals surface area contributed by atoms with Gasteiger partial charge in [0.25, 0.3) is 11.8 Å². The Labute approximate surface area is 236 Å². The normalized spacial score (nSPS) is 24.9. The van der Waals surface area contributed by atoms with Gasteiger partial charge in [-0.05, 0) is 79.8 Å². The van der Waals surface area contributed by atoms with Crippen LogP contribution in [-0.4, -0.2) is 51.6 Å². The van der Waals surface area contributed by atoms with E-state index in [9.17, 15) is 27.8 Å². The molecule has 0 saturated heterocycles. The van der Waals surface area contributed by atoms with Crippen molar-refractivity contribution in [2.24, 2.45) is 0 Å². The quantitative estimate of drug-likeness (QED) is 0.266. The summed E-state index contributed by atoms with van der Waals surface area (Å²) in [6.07, 6.45) is -3.61. The molecule has 0 amide bonds. The largest absolute Gasteiger partial charge is 0.508 e. The smallest absolute Gasteiger partial charge is 0.286 e. The van der Waals surface area contributed by atoms with Crippen LogP contribution in [0.4, 0.5) is 17.6 Å². The van der Waals surface area contributed by atoms with Crippen LogP contribution in [0.2, 0.25) is 0 Å². The van der Waals surface area contributed by atoms with Gasteiger partial charge in [0.1, 0.15) is 29.1 Å². The number of ether oxygens (including phenoxy) is 3. The number of halogens is 4. The maximum atomic E-state index is 14.4. The van der Waals surface area contributed by atoms with Gasteiger partial charge in [-0.2, -0.15) is 0 Å². The van der Waals surface area contributed by atoms with Crippen LogP contribution in [0.3, 0.4) is 0 Å². The van der Waals surface area contributed by atoms with Crippen LogP contribution in [0.1, 0.15) is 44.1 Å². The average Bonchev–Trinajstić information content (AvgIpc) is 2.94. The van der Waals surface area contributed by atoms with Crippen molar-refractivity contribution in [1.82, 2.24) is 0 Å². The number of aliphatic hydroxyl groups is 1. The maximum Gasteiger partial charge on any atom is 0.286 e. The Morgan fingerprint density at radius 2 is 1.15 bits per heavy atom. The maximum absolute atomic E-state index is 14.4. The third-order valence-electron chi connectivity index (χ3n) is 7.03. The molecule has 0 spiro atoms. The summed E-state index contributed by atoms with van der Waals surface area (Å²) in [6, 6.07) is 20.7. The predicted octanol–water partition coefficient (Wildman–Crippen LogP) is 6.86. The number of rotatable bonds is 7. The minimum Gasteiger partial charge on any atom is -0.508 e. The van der Waals surface area contributed by atoms with E-state index in [2.05, 4.69) is 0 Å². The van der Waals surface area contributed by atoms with Crippen molar-refractivity contribution < 1.29 is 47.1 Å². The van der Waals surface area contributed by atoms with Crippen LogP contribution in [0.25, 0.3) is 0 Å². The van der Waals surface area contributed by atoms with Crippen molar-refractivity contribution in [3.8, 4) is 23.0 Å². The minimum atomic E-state index is -3.02. The van der Waals surface area contributed by atoms with E-state index in [0.29, 0.717) is 31.4 Å². The first-order valence-corrected chi connectivity index (χ1v) is 13.5. The number of aromatic hydroxyl groups is 2. The van der Waals surface area contributed by atoms with Crippen molar-refractivity contribution >= 4 is 0 Å². The van der Waals surface area contributed by atoms with Crippen LogP contribution < -0.4 is 9.47 Å². The number of hydrogen-bond donors (Lipinski definition) is 3. The fourth-order valence-corrected chi connectivity index (χ4v) is 4.84. The molecule has 10 heteroatoms. The lowest BCUT2D eigenvalue weighted by Gasteiger charge is -2.37. The first kappa shape index (κ1) is 30.5. The first-order valence-electron chi connectivity index (χ1n) is 13.5. The third-order valence-corrected chi connectivity index (χ3v) is 7.03. The van der Waals surface area contributed by atoms with Crippen LogP contribution in [-0.2, 0) is 11.3 Å². The fraction of sp³-hybridized carbons (Fsp3) is 0.419. The van der Waals surface area contributed by atoms with Gasteiger partial charge in [-0.3, -0.25) is 0 Å². The molecule has 3 aromatic rings. The van der Waals surface area contributed by atoms with E-state index in [1.54, 1.807) is 0 Å². The molecule has 0 bridgehead atoms. The highest BCUT2D eigenvalue weighted by Crippen LogP contribution is 2.39. The summed E-state index contributed by atoms with van der Waals surface area (Å²) in [5, 5.41) is 27.9. The molecule has 2 saturated carbocycles. The Morgan fingerprint density at radius 1 is 0.659 bits per heavy atom. The van der Waals surface area contributed by atoms with Gasteiger partial charge in [0.2, 0.25) is 0 Å². The zero-order chi connectivity index (χ0) is 29.5. The molecule has 2 fully saturated rings. The lowest BCUT2D eigenvalue weighted by atomic mass is 9.90. The molecule has 2 aliphatic rings. The summed E-state index contributed by atoms with van der Waals surface area (Å²) >= 11 is 0. The van der Waals surface area contributed by atoms with Crippen LogP contribution in [0.5, 0.6) is 23.0 Å². The highest BCUT2D eigenvalue weighted by atomic mass is 19.3. The number of aliphatic hydroxyl groups excluding tert-OH is 1. The molecule has 0 radical (unpaired) electrons. The Kier molecular flexibility index (Phi) is 9.99. The lowest BCUT2D eigenvalue weighted by Crippen LogP contribution is -2.51. The van der Waals surface area contributed by atoms with Gasteiger partial charge in [-0.1, -0.05) is 30.3 Å². The SMILES string of the molecule is Oc1ccc(OC2C(O)CCCC2(F)F)cc1.Oc1ccc(OC2C(OCc3ccccc3)CCCC2(F)F)cc1. The van der Waals surface area contributed by atoms with Crippen LogP contribution in [0, 0.1) is 0 Å². The van der Waals surface area contributed by atoms with Gasteiger partial charge in [0.05, 0.1) is 12.7 Å². The molecule has 0 aliphatic heterocycles. The molecule has 4 unspecified atom stereocenters. The van der Waals surface area contributed by atoms with Crippen molar-refractivity contribution in [3.63, 3.8) is 0 Å². The molecule has 222 valence electrons. The third kappa shape index (κ3) is 8.50. The second-order valence-electron chi connectivity index (χ2n) is 10.3. The van der Waals surface area contributed by atoms with E-state index in [1.807, 2.05) is 30.3 Å². The Bertz CT molecular complexity index is 1210. The minimum absolute atomic E-state index is 0.0355. The highest BCUT2D eigenvalue weighted by Gasteiger charge is 2.50. The topological polar surface area (TPSA) is 88.4 Å². The molecule has 41 heavy (non-hydrogen) atoms. The standard InChI is InChI=1S/C19H20F2O3.C12H14F2O3/c20-19(21)12-4-7-17(23-13-14-5-2-1-3-6-14)18(19)24-16-10-8-15(22)9-11-16;13-12(14)7-1-2-10(16)11(12)17-9-5-3-8(15)4-6-9/h1-3,5-6,8-11,17-18,22H,4,7,12-13H2;3-6,10-11,15-16H,1-2,7H2. The zero-order valence-corrected chi connectivity index (χ0v) is 22.3. The summed E-state index contributed by atoms with van der Waals surface area (Å²) in [5.41, 5.74) is 0.940. The van der Waals surface area contributed by atoms with Crippen LogP contribution >= 0.6 is 0 Å². The van der Waals surface area contributed by atoms with Crippen molar-refractivity contribution in [2.45, 2.75) is 81.4 Å². The molecular formula is C31H34F4O6. The molecule has 4 atom stereocenters. The number of benzene rings is 3. The van der Waals surface area contributed by atoms with Gasteiger partial charge in [-0.15, -0.1) is 0 Å². The van der Waals surface area contributed by atoms with Crippen LogP contribution in [0.15, 0.2) is 78.9 Å². The van der Waals surface area contributed by atoms with E-state index in [0.717, 1.165) is 5.56 Å². The van der Waals surface area contributed by atoms with E-state index in [-0.39, 0.29) is 36.7 Å². The number of alkyl halides is 4. The monoisotopic (exact) mass is 578 g/mol. The molecule has 0 aromatic heterocycles. The van der Waals surface area contributed by atoms with E-state index in [4.69, 9.17) is 19.3 Å². The molecule has 2 aliphatic carbocycles. The first-order chi connectivity index (χ1) is 19.5. The predicted molar refractivity (Wildman–Crippen MR) is 144 cm³/mol. The van der Waals surface area contributed by atoms with E-state index >= 15 is 0 Å². The zero-order valence-electron chi connectivity index (χ0n) is 22.3. The molecule has 3 aromatic carbocycles. The Balaban J connectivity index is 0.000000201. The highest BCUT2D eigenvalue weighted by molar-refractivity contribution is 5.31. The fourth-order valence-electron chi connectivity index (χ4n) is 4.84. The van der Waals surface area contributed by atoms with Crippen molar-refractivity contribution in [3.05, 3.63) is 84.4 Å². The molecule has 3 N–H and O–H groups in total. The molecule has 0 heterocycles. The van der Waals surface area contributed by atoms with Gasteiger partial charge < -0.3 is 29.5 Å². The molecule has 5 rings (SSSR count). The summed E-state index contributed by atoms with van der Waals surface area (Å²) in [6.45, 7) is 0.275. The van der Waals surface area contributed by atoms with Crippen molar-refractivity contribution in [1.29, 1.82) is 0 Å².